The summed E-state index contributed by atoms with van der Waals surface area (Å²) in [7, 11) is 1.99. The van der Waals surface area contributed by atoms with Crippen molar-refractivity contribution in [1.82, 2.24) is 10.2 Å². The minimum absolute atomic E-state index is 0.146. The number of carbonyl (C=O) groups is 1. The molecule has 0 aliphatic heterocycles. The third-order valence-electron chi connectivity index (χ3n) is 2.60. The first-order valence-electron chi connectivity index (χ1n) is 6.43. The summed E-state index contributed by atoms with van der Waals surface area (Å²) in [6, 6.07) is 0.296. The highest BCUT2D eigenvalue weighted by molar-refractivity contribution is 5.78. The molecule has 0 saturated carbocycles. The smallest absolute Gasteiger partial charge is 0.234 e. The quantitative estimate of drug-likeness (QED) is 0.691. The molecule has 0 saturated heterocycles. The van der Waals surface area contributed by atoms with Gasteiger partial charge in [0.2, 0.25) is 5.91 Å². The van der Waals surface area contributed by atoms with Gasteiger partial charge in [-0.05, 0) is 45.7 Å². The molecule has 0 aromatic rings. The van der Waals surface area contributed by atoms with Crippen LogP contribution in [0.5, 0.6) is 0 Å². The zero-order valence-corrected chi connectivity index (χ0v) is 11.5. The van der Waals surface area contributed by atoms with Gasteiger partial charge < -0.3 is 5.32 Å². The Kier molecular flexibility index (Phi) is 8.26. The van der Waals surface area contributed by atoms with E-state index in [-0.39, 0.29) is 5.91 Å². The van der Waals surface area contributed by atoms with E-state index >= 15 is 0 Å². The van der Waals surface area contributed by atoms with Gasteiger partial charge in [-0.1, -0.05) is 20.8 Å². The molecule has 0 unspecified atom stereocenters. The summed E-state index contributed by atoms with van der Waals surface area (Å²) < 4.78 is 0. The molecule has 1 amide bonds. The summed E-state index contributed by atoms with van der Waals surface area (Å²) in [5, 5.41) is 3.04. The predicted octanol–water partition coefficient (Wildman–Crippen LogP) is 2.27. The van der Waals surface area contributed by atoms with Gasteiger partial charge in [0.25, 0.3) is 0 Å². The standard InChI is InChI=1S/C13H28N2O/c1-6-9-15(5)10-13(16)14-12(4)8-7-11(2)3/h11-12H,6-10H2,1-5H3,(H,14,16)/t12-/m1/s1. The summed E-state index contributed by atoms with van der Waals surface area (Å²) in [5.74, 6) is 0.856. The van der Waals surface area contributed by atoms with E-state index in [1.54, 1.807) is 0 Å². The van der Waals surface area contributed by atoms with Gasteiger partial charge >= 0.3 is 0 Å². The zero-order chi connectivity index (χ0) is 12.6. The third kappa shape index (κ3) is 8.72. The van der Waals surface area contributed by atoms with E-state index < -0.39 is 0 Å². The number of amides is 1. The lowest BCUT2D eigenvalue weighted by Crippen LogP contribution is -2.40. The lowest BCUT2D eigenvalue weighted by Gasteiger charge is -2.18. The summed E-state index contributed by atoms with van der Waals surface area (Å²) >= 11 is 0. The number of carbonyl (C=O) groups excluding carboxylic acids is 1. The zero-order valence-electron chi connectivity index (χ0n) is 11.5. The van der Waals surface area contributed by atoms with Crippen molar-refractivity contribution in [3.63, 3.8) is 0 Å². The summed E-state index contributed by atoms with van der Waals surface area (Å²) in [5.41, 5.74) is 0. The fraction of sp³-hybridized carbons (Fsp3) is 0.923. The van der Waals surface area contributed by atoms with Gasteiger partial charge in [0.05, 0.1) is 6.54 Å². The number of hydrogen-bond donors (Lipinski definition) is 1. The van der Waals surface area contributed by atoms with Crippen LogP contribution in [0.4, 0.5) is 0 Å². The molecule has 0 heterocycles. The monoisotopic (exact) mass is 228 g/mol. The number of likely N-dealkylation sites (N-methyl/N-ethyl adjacent to an activating group) is 1. The molecule has 0 radical (unpaired) electrons. The van der Waals surface area contributed by atoms with Crippen LogP contribution in [0.3, 0.4) is 0 Å². The number of hydrogen-bond acceptors (Lipinski definition) is 2. The topological polar surface area (TPSA) is 32.3 Å². The fourth-order valence-electron chi connectivity index (χ4n) is 1.68. The van der Waals surface area contributed by atoms with Crippen molar-refractivity contribution >= 4 is 5.91 Å². The maximum absolute atomic E-state index is 11.6. The third-order valence-corrected chi connectivity index (χ3v) is 2.60. The molecule has 0 aliphatic rings. The summed E-state index contributed by atoms with van der Waals surface area (Å²) in [6.45, 7) is 10.1. The van der Waals surface area contributed by atoms with Crippen LogP contribution in [0.2, 0.25) is 0 Å². The van der Waals surface area contributed by atoms with E-state index in [1.165, 1.54) is 6.42 Å². The molecule has 16 heavy (non-hydrogen) atoms. The SMILES string of the molecule is CCCN(C)CC(=O)N[C@H](C)CCC(C)C. The molecule has 1 atom stereocenters. The number of nitrogens with zero attached hydrogens (tertiary/aromatic N) is 1. The van der Waals surface area contributed by atoms with Gasteiger partial charge in [-0.25, -0.2) is 0 Å². The van der Waals surface area contributed by atoms with Gasteiger partial charge in [0, 0.05) is 6.04 Å². The van der Waals surface area contributed by atoms with E-state index in [9.17, 15) is 4.79 Å². The van der Waals surface area contributed by atoms with Crippen LogP contribution in [0.1, 0.15) is 47.0 Å². The van der Waals surface area contributed by atoms with Crippen molar-refractivity contribution in [2.75, 3.05) is 20.1 Å². The van der Waals surface area contributed by atoms with Crippen LogP contribution in [-0.4, -0.2) is 37.0 Å². The van der Waals surface area contributed by atoms with E-state index in [1.807, 2.05) is 7.05 Å². The second-order valence-corrected chi connectivity index (χ2v) is 5.18. The highest BCUT2D eigenvalue weighted by atomic mass is 16.2. The Hall–Kier alpha value is -0.570. The van der Waals surface area contributed by atoms with E-state index in [0.717, 1.165) is 19.4 Å². The van der Waals surface area contributed by atoms with Crippen molar-refractivity contribution < 1.29 is 4.79 Å². The molecule has 3 nitrogen and oxygen atoms in total. The van der Waals surface area contributed by atoms with Crippen LogP contribution in [0, 0.1) is 5.92 Å². The lowest BCUT2D eigenvalue weighted by molar-refractivity contribution is -0.122. The molecule has 96 valence electrons. The Morgan fingerprint density at radius 3 is 2.38 bits per heavy atom. The van der Waals surface area contributed by atoms with Crippen LogP contribution in [0.25, 0.3) is 0 Å². The highest BCUT2D eigenvalue weighted by Crippen LogP contribution is 2.06. The van der Waals surface area contributed by atoms with Gasteiger partial charge in [-0.15, -0.1) is 0 Å². The van der Waals surface area contributed by atoms with Gasteiger partial charge in [-0.2, -0.15) is 0 Å². The van der Waals surface area contributed by atoms with Gasteiger partial charge in [0.1, 0.15) is 0 Å². The van der Waals surface area contributed by atoms with Crippen molar-refractivity contribution in [1.29, 1.82) is 0 Å². The van der Waals surface area contributed by atoms with Crippen molar-refractivity contribution in [3.05, 3.63) is 0 Å². The molecule has 0 rings (SSSR count). The molecule has 0 aromatic carbocycles. The maximum atomic E-state index is 11.6. The Morgan fingerprint density at radius 1 is 1.25 bits per heavy atom. The molecule has 0 aliphatic carbocycles. The van der Waals surface area contributed by atoms with E-state index in [2.05, 4.69) is 37.9 Å². The minimum atomic E-state index is 0.146. The highest BCUT2D eigenvalue weighted by Gasteiger charge is 2.09. The minimum Gasteiger partial charge on any atom is -0.353 e. The average molecular weight is 228 g/mol. The molecule has 0 bridgehead atoms. The largest absolute Gasteiger partial charge is 0.353 e. The van der Waals surface area contributed by atoms with Crippen molar-refractivity contribution in [2.45, 2.75) is 53.0 Å². The first-order valence-corrected chi connectivity index (χ1v) is 6.43. The van der Waals surface area contributed by atoms with Crippen LogP contribution < -0.4 is 5.32 Å². The number of rotatable bonds is 8. The first-order chi connectivity index (χ1) is 7.45. The van der Waals surface area contributed by atoms with Gasteiger partial charge in [0.15, 0.2) is 0 Å². The molecule has 0 aromatic heterocycles. The molecule has 0 spiro atoms. The Morgan fingerprint density at radius 2 is 1.88 bits per heavy atom. The molecular formula is C13H28N2O. The molecular weight excluding hydrogens is 200 g/mol. The predicted molar refractivity (Wildman–Crippen MR) is 69.5 cm³/mol. The summed E-state index contributed by atoms with van der Waals surface area (Å²) in [4.78, 5) is 13.7. The van der Waals surface area contributed by atoms with Gasteiger partial charge in [-0.3, -0.25) is 9.69 Å². The summed E-state index contributed by atoms with van der Waals surface area (Å²) in [6.07, 6.45) is 3.33. The number of nitrogens with one attached hydrogen (secondary N) is 1. The lowest BCUT2D eigenvalue weighted by atomic mass is 10.0. The Bertz CT molecular complexity index is 192. The fourth-order valence-corrected chi connectivity index (χ4v) is 1.68. The van der Waals surface area contributed by atoms with Crippen LogP contribution in [0.15, 0.2) is 0 Å². The first kappa shape index (κ1) is 15.4. The molecule has 1 N–H and O–H groups in total. The van der Waals surface area contributed by atoms with Crippen LogP contribution in [-0.2, 0) is 4.79 Å². The molecule has 3 heteroatoms. The average Bonchev–Trinajstić information content (AvgIpc) is 2.14. The molecule has 0 fully saturated rings. The van der Waals surface area contributed by atoms with Crippen molar-refractivity contribution in [2.24, 2.45) is 5.92 Å². The second kappa shape index (κ2) is 8.57. The van der Waals surface area contributed by atoms with Crippen molar-refractivity contribution in [3.8, 4) is 0 Å². The Balaban J connectivity index is 3.69. The van der Waals surface area contributed by atoms with E-state index in [0.29, 0.717) is 18.5 Å². The van der Waals surface area contributed by atoms with E-state index in [4.69, 9.17) is 0 Å². The Labute approximate surface area is 101 Å². The normalized spacial score (nSPS) is 13.2. The van der Waals surface area contributed by atoms with Crippen LogP contribution >= 0.6 is 0 Å². The second-order valence-electron chi connectivity index (χ2n) is 5.18. The maximum Gasteiger partial charge on any atom is 0.234 e.